The van der Waals surface area contributed by atoms with E-state index in [1.807, 2.05) is 6.92 Å². The second-order valence-electron chi connectivity index (χ2n) is 6.05. The van der Waals surface area contributed by atoms with Gasteiger partial charge in [0.15, 0.2) is 20.0 Å². The summed E-state index contributed by atoms with van der Waals surface area (Å²) in [5, 5.41) is 1.10. The third-order valence-electron chi connectivity index (χ3n) is 3.23. The summed E-state index contributed by atoms with van der Waals surface area (Å²) in [6.07, 6.45) is 6.02. The zero-order valence-electron chi connectivity index (χ0n) is 18.2. The van der Waals surface area contributed by atoms with Gasteiger partial charge in [0.1, 0.15) is 0 Å². The SMILES string of the molecule is CCCSc1ncc(S(=O)(=O)Cl)c(=O)[nH]1.CCCSc1nccc(=O)[nH]1.O=c1cc[nH]c(=S)[nH]1. The first-order valence-corrected chi connectivity index (χ1v) is 14.4. The van der Waals surface area contributed by atoms with E-state index in [1.54, 1.807) is 11.8 Å². The highest BCUT2D eigenvalue weighted by atomic mass is 35.7. The van der Waals surface area contributed by atoms with Crippen molar-refractivity contribution >= 4 is 55.5 Å². The average Bonchev–Trinajstić information content (AvgIpc) is 2.76. The molecule has 0 radical (unpaired) electrons. The molecule has 4 N–H and O–H groups in total. The van der Waals surface area contributed by atoms with E-state index in [2.05, 4.69) is 49.0 Å². The minimum Gasteiger partial charge on any atom is -0.339 e. The molecule has 0 saturated carbocycles. The zero-order chi connectivity index (χ0) is 25.6. The summed E-state index contributed by atoms with van der Waals surface area (Å²) in [6, 6.07) is 2.78. The molecule has 34 heavy (non-hydrogen) atoms. The largest absolute Gasteiger partial charge is 0.339 e. The van der Waals surface area contributed by atoms with Crippen LogP contribution in [0.25, 0.3) is 0 Å². The van der Waals surface area contributed by atoms with Crippen molar-refractivity contribution in [2.24, 2.45) is 0 Å². The van der Waals surface area contributed by atoms with Gasteiger partial charge in [0.05, 0.1) is 6.20 Å². The highest BCUT2D eigenvalue weighted by Gasteiger charge is 2.15. The van der Waals surface area contributed by atoms with E-state index in [0.29, 0.717) is 15.1 Å². The van der Waals surface area contributed by atoms with E-state index in [0.717, 1.165) is 30.5 Å². The average molecular weight is 567 g/mol. The molecule has 0 aliphatic heterocycles. The van der Waals surface area contributed by atoms with Crippen LogP contribution in [0.4, 0.5) is 0 Å². The second-order valence-corrected chi connectivity index (χ2v) is 11.2. The van der Waals surface area contributed by atoms with Crippen LogP contribution in [0.2, 0.25) is 0 Å². The van der Waals surface area contributed by atoms with Gasteiger partial charge < -0.3 is 15.0 Å². The number of hydrogen-bond donors (Lipinski definition) is 4. The smallest absolute Gasteiger partial charge is 0.271 e. The van der Waals surface area contributed by atoms with Gasteiger partial charge in [-0.2, -0.15) is 0 Å². The summed E-state index contributed by atoms with van der Waals surface area (Å²) < 4.78 is 22.1. The molecular weight excluding hydrogens is 544 g/mol. The van der Waals surface area contributed by atoms with Crippen LogP contribution in [0, 0.1) is 4.77 Å². The van der Waals surface area contributed by atoms with Crippen molar-refractivity contribution in [2.45, 2.75) is 41.9 Å². The Bertz CT molecular complexity index is 1340. The fourth-order valence-electron chi connectivity index (χ4n) is 1.82. The number of aromatic amines is 4. The highest BCUT2D eigenvalue weighted by Crippen LogP contribution is 2.14. The number of nitrogens with zero attached hydrogens (tertiary/aromatic N) is 2. The lowest BCUT2D eigenvalue weighted by Crippen LogP contribution is -2.15. The molecule has 0 bridgehead atoms. The fourth-order valence-corrected chi connectivity index (χ4v) is 4.16. The number of thioether (sulfide) groups is 2. The maximum Gasteiger partial charge on any atom is 0.271 e. The van der Waals surface area contributed by atoms with Gasteiger partial charge in [-0.3, -0.25) is 19.4 Å². The van der Waals surface area contributed by atoms with Gasteiger partial charge >= 0.3 is 0 Å². The number of H-pyrrole nitrogens is 4. The van der Waals surface area contributed by atoms with Crippen LogP contribution in [0.3, 0.4) is 0 Å². The molecule has 0 fully saturated rings. The Morgan fingerprint density at radius 1 is 0.941 bits per heavy atom. The first-order valence-electron chi connectivity index (χ1n) is 9.69. The lowest BCUT2D eigenvalue weighted by molar-refractivity contribution is 0.607. The summed E-state index contributed by atoms with van der Waals surface area (Å²) in [5.41, 5.74) is -0.994. The van der Waals surface area contributed by atoms with Gasteiger partial charge in [0.25, 0.3) is 25.7 Å². The van der Waals surface area contributed by atoms with Crippen LogP contribution in [0.5, 0.6) is 0 Å². The maximum absolute atomic E-state index is 11.3. The summed E-state index contributed by atoms with van der Waals surface area (Å²) in [7, 11) is 1.01. The van der Waals surface area contributed by atoms with Crippen molar-refractivity contribution in [1.82, 2.24) is 29.9 Å². The van der Waals surface area contributed by atoms with E-state index in [1.165, 1.54) is 36.3 Å². The molecule has 16 heteroatoms. The number of halogens is 1. The van der Waals surface area contributed by atoms with Gasteiger partial charge in [0.2, 0.25) is 0 Å². The van der Waals surface area contributed by atoms with E-state index < -0.39 is 19.5 Å². The highest BCUT2D eigenvalue weighted by molar-refractivity contribution is 8.13. The third kappa shape index (κ3) is 12.3. The van der Waals surface area contributed by atoms with Crippen molar-refractivity contribution in [1.29, 1.82) is 0 Å². The predicted octanol–water partition coefficient (Wildman–Crippen LogP) is 2.90. The lowest BCUT2D eigenvalue weighted by Gasteiger charge is -1.99. The van der Waals surface area contributed by atoms with Crippen LogP contribution in [-0.2, 0) is 9.05 Å². The normalized spacial score (nSPS) is 10.4. The number of hydrogen-bond acceptors (Lipinski definition) is 10. The number of rotatable bonds is 7. The van der Waals surface area contributed by atoms with Gasteiger partial charge in [-0.15, -0.1) is 0 Å². The fraction of sp³-hybridized carbons (Fsp3) is 0.333. The Morgan fingerprint density at radius 2 is 1.53 bits per heavy atom. The van der Waals surface area contributed by atoms with Gasteiger partial charge in [-0.05, 0) is 25.1 Å². The van der Waals surface area contributed by atoms with Crippen LogP contribution in [0.15, 0.2) is 60.3 Å². The minimum absolute atomic E-state index is 0.0846. The molecule has 11 nitrogen and oxygen atoms in total. The van der Waals surface area contributed by atoms with E-state index in [4.69, 9.17) is 10.7 Å². The number of aromatic nitrogens is 6. The topological polar surface area (TPSA) is 174 Å². The summed E-state index contributed by atoms with van der Waals surface area (Å²) in [6.45, 7) is 4.08. The Balaban J connectivity index is 0.000000268. The summed E-state index contributed by atoms with van der Waals surface area (Å²) >= 11 is 7.51. The molecule has 0 aliphatic rings. The Morgan fingerprint density at radius 3 is 1.97 bits per heavy atom. The minimum atomic E-state index is -4.01. The van der Waals surface area contributed by atoms with Crippen LogP contribution in [0.1, 0.15) is 26.7 Å². The molecule has 0 spiro atoms. The molecule has 0 aliphatic carbocycles. The van der Waals surface area contributed by atoms with Crippen molar-refractivity contribution < 1.29 is 8.42 Å². The zero-order valence-corrected chi connectivity index (χ0v) is 22.2. The molecule has 3 aromatic rings. The monoisotopic (exact) mass is 566 g/mol. The maximum atomic E-state index is 11.3. The van der Waals surface area contributed by atoms with Gasteiger partial charge in [-0.1, -0.05) is 37.4 Å². The Hall–Kier alpha value is -2.20. The molecule has 186 valence electrons. The molecule has 3 heterocycles. The van der Waals surface area contributed by atoms with Crippen LogP contribution in [-0.4, -0.2) is 49.8 Å². The van der Waals surface area contributed by atoms with Crippen molar-refractivity contribution in [2.75, 3.05) is 11.5 Å². The van der Waals surface area contributed by atoms with E-state index in [-0.39, 0.29) is 11.1 Å². The quantitative estimate of drug-likeness (QED) is 0.144. The number of nitrogens with one attached hydrogen (secondary N) is 4. The lowest BCUT2D eigenvalue weighted by atomic mass is 10.6. The Labute approximate surface area is 213 Å². The summed E-state index contributed by atoms with van der Waals surface area (Å²) in [4.78, 5) is 49.6. The molecular formula is C18H23ClN6O5S4. The first-order chi connectivity index (χ1) is 16.1. The summed E-state index contributed by atoms with van der Waals surface area (Å²) in [5.74, 6) is 1.79. The van der Waals surface area contributed by atoms with Crippen LogP contribution < -0.4 is 16.7 Å². The second kappa shape index (κ2) is 15.7. The van der Waals surface area contributed by atoms with Crippen molar-refractivity contribution in [3.05, 3.63) is 66.6 Å². The molecule has 3 aromatic heterocycles. The Kier molecular flexibility index (Phi) is 13.7. The molecule has 0 aromatic carbocycles. The molecule has 0 saturated heterocycles. The molecule has 0 amide bonds. The first kappa shape index (κ1) is 29.8. The molecule has 0 unspecified atom stereocenters. The van der Waals surface area contributed by atoms with Gasteiger partial charge in [-0.25, -0.2) is 18.4 Å². The predicted molar refractivity (Wildman–Crippen MR) is 137 cm³/mol. The van der Waals surface area contributed by atoms with E-state index >= 15 is 0 Å². The van der Waals surface area contributed by atoms with E-state index in [9.17, 15) is 22.8 Å². The molecule has 0 atom stereocenters. The molecule has 3 rings (SSSR count). The van der Waals surface area contributed by atoms with Crippen LogP contribution >= 0.6 is 46.4 Å². The van der Waals surface area contributed by atoms with Crippen molar-refractivity contribution in [3.8, 4) is 0 Å². The third-order valence-corrected chi connectivity index (χ3v) is 6.95. The van der Waals surface area contributed by atoms with Crippen molar-refractivity contribution in [3.63, 3.8) is 0 Å². The standard InChI is InChI=1S/C7H9ClN2O3S2.C7H10N2OS.C4H4N2OS/c1-2-3-14-7-9-4-5(6(11)10-7)15(8,12)13;1-2-5-11-7-8-4-3-6(10)9-7;7-3-1-2-5-4(8)6-3/h4H,2-3H2,1H3,(H,9,10,11);3-4H,2,5H2,1H3,(H,8,9,10);1-2H,(H2,5,6,7,8). The van der Waals surface area contributed by atoms with Gasteiger partial charge in [0, 0.05) is 46.7 Å².